The van der Waals surface area contributed by atoms with Crippen LogP contribution in [0.4, 0.5) is 0 Å². The average molecular weight is 911 g/mol. The first kappa shape index (κ1) is 53.1. The molecule has 0 aliphatic carbocycles. The van der Waals surface area contributed by atoms with Crippen molar-refractivity contribution in [2.75, 3.05) is 20.5 Å². The number of furan rings is 2. The molecule has 0 radical (unpaired) electrons. The summed E-state index contributed by atoms with van der Waals surface area (Å²) in [7, 11) is 2.00. The first-order chi connectivity index (χ1) is 32.3. The Labute approximate surface area is 400 Å². The summed E-state index contributed by atoms with van der Waals surface area (Å²) in [6, 6.07) is 13.9. The highest BCUT2D eigenvalue weighted by atomic mass is 16.5. The van der Waals surface area contributed by atoms with E-state index in [-0.39, 0.29) is 0 Å². The fourth-order valence-corrected chi connectivity index (χ4v) is 9.97. The molecule has 2 aromatic heterocycles. The van der Waals surface area contributed by atoms with Crippen molar-refractivity contribution in [3.05, 3.63) is 94.3 Å². The van der Waals surface area contributed by atoms with E-state index in [0.717, 1.165) is 84.4 Å². The van der Waals surface area contributed by atoms with Gasteiger partial charge < -0.3 is 28.5 Å². The molecule has 2 aromatic carbocycles. The Morgan fingerprint density at radius 3 is 1.77 bits per heavy atom. The molecule has 5 rings (SSSR count). The Morgan fingerprint density at radius 1 is 0.636 bits per heavy atom. The molecule has 66 heavy (non-hydrogen) atoms. The van der Waals surface area contributed by atoms with E-state index in [2.05, 4.69) is 22.8 Å². The predicted octanol–water partition coefficient (Wildman–Crippen LogP) is 16.3. The van der Waals surface area contributed by atoms with E-state index in [9.17, 15) is 10.2 Å². The minimum absolute atomic E-state index is 0.318. The van der Waals surface area contributed by atoms with Gasteiger partial charge in [-0.3, -0.25) is 9.80 Å². The number of phenolic OH excluding ortho intramolecular Hbond substituents is 2. The summed E-state index contributed by atoms with van der Waals surface area (Å²) >= 11 is 0. The monoisotopic (exact) mass is 911 g/mol. The normalized spacial score (nSPS) is 13.3. The summed E-state index contributed by atoms with van der Waals surface area (Å²) in [6.45, 7) is 9.37. The molecule has 0 saturated carbocycles. The lowest BCUT2D eigenvalue weighted by atomic mass is 9.88. The number of aryl methyl sites for hydroxylation is 2. The third-order valence-electron chi connectivity index (χ3n) is 14.1. The Bertz CT molecular complexity index is 1860. The molecule has 0 fully saturated rings. The second-order valence-electron chi connectivity index (χ2n) is 19.9. The minimum atomic E-state index is 0.318. The zero-order valence-electron chi connectivity index (χ0n) is 42.0. The van der Waals surface area contributed by atoms with Gasteiger partial charge in [-0.15, -0.1) is 0 Å². The zero-order chi connectivity index (χ0) is 46.6. The van der Waals surface area contributed by atoms with E-state index in [1.165, 1.54) is 165 Å². The van der Waals surface area contributed by atoms with Crippen molar-refractivity contribution in [1.82, 2.24) is 9.80 Å². The van der Waals surface area contributed by atoms with Crippen LogP contribution in [0.3, 0.4) is 0 Å². The van der Waals surface area contributed by atoms with Gasteiger partial charge in [-0.05, 0) is 106 Å². The Morgan fingerprint density at radius 2 is 1.18 bits per heavy atom. The molecule has 3 heterocycles. The van der Waals surface area contributed by atoms with Crippen molar-refractivity contribution < 1.29 is 28.5 Å². The van der Waals surface area contributed by atoms with Crippen LogP contribution in [0.5, 0.6) is 23.0 Å². The van der Waals surface area contributed by atoms with Gasteiger partial charge in [0.2, 0.25) is 0 Å². The van der Waals surface area contributed by atoms with E-state index in [1.54, 1.807) is 12.5 Å². The molecule has 0 bridgehead atoms. The van der Waals surface area contributed by atoms with Crippen LogP contribution in [0.25, 0.3) is 0 Å². The first-order valence-corrected chi connectivity index (χ1v) is 26.7. The third kappa shape index (κ3) is 19.8. The number of fused-ring (bicyclic) bond motifs is 1. The average Bonchev–Trinajstić information content (AvgIpc) is 4.04. The van der Waals surface area contributed by atoms with Gasteiger partial charge in [0.1, 0.15) is 48.0 Å². The number of unbranched alkanes of at least 4 members (excludes halogenated alkanes) is 20. The van der Waals surface area contributed by atoms with E-state index < -0.39 is 0 Å². The lowest BCUT2D eigenvalue weighted by Crippen LogP contribution is -2.32. The molecule has 1 aliphatic heterocycles. The summed E-state index contributed by atoms with van der Waals surface area (Å²) in [5.41, 5.74) is 5.30. The lowest BCUT2D eigenvalue weighted by Gasteiger charge is -2.31. The molecular formula is C58H90N2O6. The van der Waals surface area contributed by atoms with Crippen LogP contribution in [0.15, 0.2) is 63.8 Å². The summed E-state index contributed by atoms with van der Waals surface area (Å²) in [4.78, 5) is 4.35. The first-order valence-electron chi connectivity index (χ1n) is 26.7. The van der Waals surface area contributed by atoms with E-state index in [4.69, 9.17) is 18.3 Å². The molecule has 8 heteroatoms. The van der Waals surface area contributed by atoms with Gasteiger partial charge in [0, 0.05) is 23.2 Å². The van der Waals surface area contributed by atoms with Crippen molar-refractivity contribution in [1.29, 1.82) is 0 Å². The summed E-state index contributed by atoms with van der Waals surface area (Å²) < 4.78 is 23.4. The molecule has 1 aliphatic rings. The fourth-order valence-electron chi connectivity index (χ4n) is 9.97. The molecule has 368 valence electrons. The van der Waals surface area contributed by atoms with Crippen LogP contribution in [0.2, 0.25) is 0 Å². The highest BCUT2D eigenvalue weighted by molar-refractivity contribution is 5.54. The Hall–Kier alpha value is -3.88. The van der Waals surface area contributed by atoms with Gasteiger partial charge in [-0.1, -0.05) is 161 Å². The van der Waals surface area contributed by atoms with Crippen LogP contribution >= 0.6 is 0 Å². The zero-order valence-corrected chi connectivity index (χ0v) is 42.0. The van der Waals surface area contributed by atoms with Gasteiger partial charge >= 0.3 is 0 Å². The number of nitrogens with zero attached hydrogens (tertiary/aromatic N) is 2. The second kappa shape index (κ2) is 31.2. The van der Waals surface area contributed by atoms with Crippen molar-refractivity contribution in [2.45, 2.75) is 220 Å². The molecule has 8 nitrogen and oxygen atoms in total. The minimum Gasteiger partial charge on any atom is -0.508 e. The molecule has 4 aromatic rings. The van der Waals surface area contributed by atoms with Gasteiger partial charge in [-0.2, -0.15) is 0 Å². The number of hydrogen-bond acceptors (Lipinski definition) is 8. The number of aromatic hydroxyl groups is 2. The maximum absolute atomic E-state index is 10.9. The molecule has 1 unspecified atom stereocenters. The molecule has 0 saturated heterocycles. The molecule has 0 spiro atoms. The van der Waals surface area contributed by atoms with Crippen LogP contribution in [0, 0.1) is 19.8 Å². The van der Waals surface area contributed by atoms with Crippen molar-refractivity contribution >= 4 is 0 Å². The van der Waals surface area contributed by atoms with Gasteiger partial charge in [0.25, 0.3) is 0 Å². The third-order valence-corrected chi connectivity index (χ3v) is 14.1. The lowest BCUT2D eigenvalue weighted by molar-refractivity contribution is 0.0807. The topological polar surface area (TPSA) is 91.7 Å². The standard InChI is InChI=1S/C58H90N2O6/c1-5-6-7-8-9-15-18-21-24-30-49(33-27-34-51-41-56(62)48(3)58-54(51)44-60(46-66-58)43-53-36-29-38-64-53)31-25-22-19-16-13-11-10-12-14-17-20-23-26-32-50-39-55(61)47(2)57(40-50)65-45-59(4)42-52-35-28-37-63-52/h28-29,35-41,49,61-62H,5-27,30-34,42-46H2,1-4H3. The largest absolute Gasteiger partial charge is 0.508 e. The van der Waals surface area contributed by atoms with Crippen LogP contribution in [-0.4, -0.2) is 40.5 Å². The number of benzene rings is 2. The second-order valence-corrected chi connectivity index (χ2v) is 19.9. The van der Waals surface area contributed by atoms with E-state index >= 15 is 0 Å². The number of rotatable bonds is 37. The highest BCUT2D eigenvalue weighted by Gasteiger charge is 2.25. The van der Waals surface area contributed by atoms with Crippen LogP contribution < -0.4 is 9.47 Å². The number of phenols is 2. The predicted molar refractivity (Wildman–Crippen MR) is 271 cm³/mol. The van der Waals surface area contributed by atoms with Crippen molar-refractivity contribution in [3.8, 4) is 23.0 Å². The Balaban J connectivity index is 0.919. The summed E-state index contributed by atoms with van der Waals surface area (Å²) in [6.07, 6.45) is 40.4. The van der Waals surface area contributed by atoms with Gasteiger partial charge in [0.15, 0.2) is 0 Å². The number of hydrogen-bond donors (Lipinski definition) is 2. The molecule has 0 amide bonds. The molecule has 2 N–H and O–H groups in total. The maximum atomic E-state index is 10.9. The fraction of sp³-hybridized carbons (Fsp3) is 0.655. The highest BCUT2D eigenvalue weighted by Crippen LogP contribution is 2.39. The SMILES string of the molecule is CCCCCCCCCCCC(CCCCCCCCCCCCCCCc1cc(O)c(C)c(OCN(C)Cc2ccco2)c1)CCCc1cc(O)c(C)c2c1CN(Cc1ccco1)CO2. The van der Waals surface area contributed by atoms with E-state index in [0.29, 0.717) is 31.5 Å². The van der Waals surface area contributed by atoms with Gasteiger partial charge in [0.05, 0.1) is 25.6 Å². The van der Waals surface area contributed by atoms with Gasteiger partial charge in [-0.25, -0.2) is 0 Å². The quantitative estimate of drug-likeness (QED) is 0.0341. The number of ether oxygens (including phenoxy) is 2. The summed E-state index contributed by atoms with van der Waals surface area (Å²) in [5, 5.41) is 21.4. The van der Waals surface area contributed by atoms with Crippen LogP contribution in [-0.2, 0) is 32.5 Å². The summed E-state index contributed by atoms with van der Waals surface area (Å²) in [5.74, 6) is 5.00. The Kier molecular flexibility index (Phi) is 25.1. The molecular weight excluding hydrogens is 821 g/mol. The van der Waals surface area contributed by atoms with Crippen molar-refractivity contribution in [2.24, 2.45) is 5.92 Å². The smallest absolute Gasteiger partial charge is 0.142 e. The van der Waals surface area contributed by atoms with Crippen LogP contribution in [0.1, 0.15) is 213 Å². The van der Waals surface area contributed by atoms with Crippen molar-refractivity contribution in [3.63, 3.8) is 0 Å². The maximum Gasteiger partial charge on any atom is 0.142 e. The van der Waals surface area contributed by atoms with E-state index in [1.807, 2.05) is 57.3 Å². The molecule has 1 atom stereocenters.